The number of fused-ring (bicyclic) bond motifs is 1. The van der Waals surface area contributed by atoms with Crippen LogP contribution in [0.25, 0.3) is 11.0 Å². The van der Waals surface area contributed by atoms with Crippen molar-refractivity contribution in [2.24, 2.45) is 0 Å². The summed E-state index contributed by atoms with van der Waals surface area (Å²) in [4.78, 5) is 24.7. The molecule has 0 aliphatic rings. The van der Waals surface area contributed by atoms with Crippen molar-refractivity contribution in [1.82, 2.24) is 4.90 Å². The molecule has 0 radical (unpaired) electrons. The van der Waals surface area contributed by atoms with E-state index in [2.05, 4.69) is 10.2 Å². The Morgan fingerprint density at radius 2 is 2.00 bits per heavy atom. The lowest BCUT2D eigenvalue weighted by Gasteiger charge is -2.22. The third-order valence-corrected chi connectivity index (χ3v) is 4.90. The first-order valence-corrected chi connectivity index (χ1v) is 9.09. The first-order chi connectivity index (χ1) is 13.3. The van der Waals surface area contributed by atoms with Crippen LogP contribution < -0.4 is 5.32 Å². The maximum atomic E-state index is 12.3. The number of nitrogens with zero attached hydrogens (tertiary/aromatic N) is 2. The number of amides is 1. The highest BCUT2D eigenvalue weighted by molar-refractivity contribution is 5.91. The van der Waals surface area contributed by atoms with Crippen LogP contribution in [0.4, 0.5) is 11.4 Å². The van der Waals surface area contributed by atoms with Crippen LogP contribution in [0.5, 0.6) is 0 Å². The number of nitro groups is 1. The van der Waals surface area contributed by atoms with E-state index in [1.54, 1.807) is 13.0 Å². The molecular weight excluding hydrogens is 358 g/mol. The second-order valence-corrected chi connectivity index (χ2v) is 6.90. The molecule has 2 aromatic carbocycles. The van der Waals surface area contributed by atoms with Gasteiger partial charge in [0.1, 0.15) is 11.3 Å². The number of nitro benzene ring substituents is 1. The molecule has 3 aromatic rings. The summed E-state index contributed by atoms with van der Waals surface area (Å²) in [5.74, 6) is 0.718. The minimum absolute atomic E-state index is 0.00916. The van der Waals surface area contributed by atoms with Gasteiger partial charge in [0.25, 0.3) is 5.69 Å². The van der Waals surface area contributed by atoms with Gasteiger partial charge in [0, 0.05) is 36.2 Å². The summed E-state index contributed by atoms with van der Waals surface area (Å²) in [6.45, 7) is 4.32. The largest absolute Gasteiger partial charge is 0.459 e. The number of hydrogen-bond donors (Lipinski definition) is 1. The summed E-state index contributed by atoms with van der Waals surface area (Å²) < 4.78 is 5.90. The van der Waals surface area contributed by atoms with Crippen molar-refractivity contribution >= 4 is 28.3 Å². The Morgan fingerprint density at radius 3 is 2.68 bits per heavy atom. The average molecular weight is 381 g/mol. The zero-order valence-electron chi connectivity index (χ0n) is 16.1. The highest BCUT2D eigenvalue weighted by Gasteiger charge is 2.17. The molecule has 7 heteroatoms. The molecule has 1 heterocycles. The third-order valence-electron chi connectivity index (χ3n) is 4.90. The van der Waals surface area contributed by atoms with Crippen molar-refractivity contribution < 1.29 is 14.1 Å². The van der Waals surface area contributed by atoms with E-state index in [1.807, 2.05) is 44.3 Å². The number of carbonyl (C=O) groups is 1. The van der Waals surface area contributed by atoms with Crippen LogP contribution in [0.3, 0.4) is 0 Å². The Labute approximate surface area is 163 Å². The van der Waals surface area contributed by atoms with Crippen LogP contribution in [0, 0.1) is 17.0 Å². The highest BCUT2D eigenvalue weighted by Crippen LogP contribution is 2.27. The molecule has 1 aromatic heterocycles. The number of anilines is 1. The standard InChI is InChI=1S/C21H23N3O4/c1-14-12-17(24(26)27)8-9-18(14)22-21(25)10-11-23(3)15(2)20-13-16-6-4-5-7-19(16)28-20/h4-9,12-13,15H,10-11H2,1-3H3,(H,22,25). The number of furan rings is 1. The van der Waals surface area contributed by atoms with Crippen LogP contribution in [0.2, 0.25) is 0 Å². The van der Waals surface area contributed by atoms with Crippen LogP contribution in [-0.2, 0) is 4.79 Å². The van der Waals surface area contributed by atoms with Gasteiger partial charge in [0.05, 0.1) is 11.0 Å². The van der Waals surface area contributed by atoms with Gasteiger partial charge in [0.15, 0.2) is 0 Å². The summed E-state index contributed by atoms with van der Waals surface area (Å²) in [6.07, 6.45) is 0.303. The van der Waals surface area contributed by atoms with Crippen LogP contribution >= 0.6 is 0 Å². The van der Waals surface area contributed by atoms with E-state index in [9.17, 15) is 14.9 Å². The molecule has 1 atom stereocenters. The lowest BCUT2D eigenvalue weighted by molar-refractivity contribution is -0.384. The fourth-order valence-electron chi connectivity index (χ4n) is 3.01. The molecule has 0 aliphatic heterocycles. The predicted octanol–water partition coefficient (Wildman–Crippen LogP) is 4.67. The molecule has 1 amide bonds. The average Bonchev–Trinajstić information content (AvgIpc) is 3.11. The Balaban J connectivity index is 1.57. The van der Waals surface area contributed by atoms with Crippen LogP contribution in [-0.4, -0.2) is 29.3 Å². The highest BCUT2D eigenvalue weighted by atomic mass is 16.6. The maximum absolute atomic E-state index is 12.3. The molecule has 0 aliphatic carbocycles. The van der Waals surface area contributed by atoms with Gasteiger partial charge >= 0.3 is 0 Å². The number of carbonyl (C=O) groups excluding carboxylic acids is 1. The van der Waals surface area contributed by atoms with E-state index in [4.69, 9.17) is 4.42 Å². The van der Waals surface area contributed by atoms with Crippen LogP contribution in [0.15, 0.2) is 52.9 Å². The molecule has 7 nitrogen and oxygen atoms in total. The fourth-order valence-corrected chi connectivity index (χ4v) is 3.01. The molecular formula is C21H23N3O4. The summed E-state index contributed by atoms with van der Waals surface area (Å²) in [7, 11) is 1.95. The monoisotopic (exact) mass is 381 g/mol. The van der Waals surface area contributed by atoms with Crippen molar-refractivity contribution in [3.63, 3.8) is 0 Å². The number of hydrogen-bond acceptors (Lipinski definition) is 5. The quantitative estimate of drug-likeness (QED) is 0.474. The Hall–Kier alpha value is -3.19. The minimum atomic E-state index is -0.451. The number of rotatable bonds is 7. The van der Waals surface area contributed by atoms with E-state index >= 15 is 0 Å². The van der Waals surface area contributed by atoms with Gasteiger partial charge in [-0.25, -0.2) is 0 Å². The number of aryl methyl sites for hydroxylation is 1. The molecule has 146 valence electrons. The Morgan fingerprint density at radius 1 is 1.25 bits per heavy atom. The van der Waals surface area contributed by atoms with Gasteiger partial charge in [-0.2, -0.15) is 0 Å². The van der Waals surface area contributed by atoms with Gasteiger partial charge < -0.3 is 9.73 Å². The van der Waals surface area contributed by atoms with Gasteiger partial charge in [-0.05, 0) is 44.7 Å². The molecule has 0 saturated carbocycles. The van der Waals surface area contributed by atoms with Crippen molar-refractivity contribution in [2.75, 3.05) is 18.9 Å². The molecule has 0 saturated heterocycles. The van der Waals surface area contributed by atoms with E-state index in [0.29, 0.717) is 24.2 Å². The van der Waals surface area contributed by atoms with E-state index in [-0.39, 0.29) is 17.6 Å². The number of para-hydroxylation sites is 1. The van der Waals surface area contributed by atoms with Crippen LogP contribution in [0.1, 0.15) is 30.7 Å². The van der Waals surface area contributed by atoms with Gasteiger partial charge in [-0.15, -0.1) is 0 Å². The Kier molecular flexibility index (Phi) is 5.75. The molecule has 0 fully saturated rings. The second kappa shape index (κ2) is 8.22. The summed E-state index contributed by atoms with van der Waals surface area (Å²) in [5.41, 5.74) is 2.11. The number of non-ortho nitro benzene ring substituents is 1. The van der Waals surface area contributed by atoms with Crippen molar-refractivity contribution in [2.45, 2.75) is 26.3 Å². The predicted molar refractivity (Wildman–Crippen MR) is 108 cm³/mol. The molecule has 28 heavy (non-hydrogen) atoms. The van der Waals surface area contributed by atoms with Crippen molar-refractivity contribution in [1.29, 1.82) is 0 Å². The third kappa shape index (κ3) is 4.37. The molecule has 0 spiro atoms. The molecule has 0 bridgehead atoms. The summed E-state index contributed by atoms with van der Waals surface area (Å²) >= 11 is 0. The molecule has 1 unspecified atom stereocenters. The van der Waals surface area contributed by atoms with E-state index in [1.165, 1.54) is 12.1 Å². The van der Waals surface area contributed by atoms with E-state index < -0.39 is 4.92 Å². The second-order valence-electron chi connectivity index (χ2n) is 6.90. The van der Waals surface area contributed by atoms with Gasteiger partial charge in [0.2, 0.25) is 5.91 Å². The maximum Gasteiger partial charge on any atom is 0.269 e. The normalized spacial score (nSPS) is 12.3. The zero-order chi connectivity index (χ0) is 20.3. The fraction of sp³-hybridized carbons (Fsp3) is 0.286. The summed E-state index contributed by atoms with van der Waals surface area (Å²) in [6, 6.07) is 14.3. The lowest BCUT2D eigenvalue weighted by atomic mass is 10.1. The summed E-state index contributed by atoms with van der Waals surface area (Å²) in [5, 5.41) is 14.7. The first kappa shape index (κ1) is 19.6. The smallest absolute Gasteiger partial charge is 0.269 e. The van der Waals surface area contributed by atoms with Crippen molar-refractivity contribution in [3.8, 4) is 0 Å². The number of nitrogens with one attached hydrogen (secondary N) is 1. The minimum Gasteiger partial charge on any atom is -0.459 e. The van der Waals surface area contributed by atoms with Crippen molar-refractivity contribution in [3.05, 3.63) is 70.0 Å². The topological polar surface area (TPSA) is 88.6 Å². The molecule has 1 N–H and O–H groups in total. The Bertz CT molecular complexity index is 979. The number of benzene rings is 2. The lowest BCUT2D eigenvalue weighted by Crippen LogP contribution is -2.26. The SMILES string of the molecule is Cc1cc([N+](=O)[O-])ccc1NC(=O)CCN(C)C(C)c1cc2ccccc2o1. The van der Waals surface area contributed by atoms with E-state index in [0.717, 1.165) is 16.7 Å². The van der Waals surface area contributed by atoms with Gasteiger partial charge in [-0.3, -0.25) is 19.8 Å². The first-order valence-electron chi connectivity index (χ1n) is 9.09. The zero-order valence-corrected chi connectivity index (χ0v) is 16.1. The molecule has 3 rings (SSSR count). The van der Waals surface area contributed by atoms with Gasteiger partial charge in [-0.1, -0.05) is 18.2 Å².